The van der Waals surface area contributed by atoms with Crippen LogP contribution < -0.4 is 5.73 Å². The smallest absolute Gasteiger partial charge is 0.411 e. The third kappa shape index (κ3) is 3.32. The van der Waals surface area contributed by atoms with E-state index in [2.05, 4.69) is 0 Å². The highest BCUT2D eigenvalue weighted by molar-refractivity contribution is 5.85. The van der Waals surface area contributed by atoms with Gasteiger partial charge in [-0.05, 0) is 57.2 Å². The summed E-state index contributed by atoms with van der Waals surface area (Å²) in [6.07, 6.45) is 0.379. The maximum absolute atomic E-state index is 13.6. The average Bonchev–Trinajstić information content (AvgIpc) is 3.17. The van der Waals surface area contributed by atoms with Gasteiger partial charge in [-0.2, -0.15) is 0 Å². The molecular weight excluding hydrogens is 330 g/mol. The Morgan fingerprint density at radius 3 is 2.36 bits per heavy atom. The number of halogens is 2. The Labute approximate surface area is 145 Å². The van der Waals surface area contributed by atoms with Crippen molar-refractivity contribution in [3.63, 3.8) is 0 Å². The van der Waals surface area contributed by atoms with Gasteiger partial charge in [0.2, 0.25) is 5.91 Å². The Kier molecular flexibility index (Phi) is 4.00. The van der Waals surface area contributed by atoms with E-state index < -0.39 is 40.7 Å². The minimum absolute atomic E-state index is 0.0601. The number of benzene rings is 1. The largest absolute Gasteiger partial charge is 0.444 e. The average molecular weight is 352 g/mol. The third-order valence-corrected chi connectivity index (χ3v) is 4.96. The van der Waals surface area contributed by atoms with Gasteiger partial charge in [0.25, 0.3) is 0 Å². The van der Waals surface area contributed by atoms with Gasteiger partial charge in [0.1, 0.15) is 23.3 Å². The van der Waals surface area contributed by atoms with Crippen molar-refractivity contribution in [2.24, 2.45) is 11.7 Å². The van der Waals surface area contributed by atoms with E-state index in [9.17, 15) is 18.4 Å². The SMILES string of the molecule is CC(C)(C)OC(=O)N1C[C@@]2(c3cc(F)cc(F)c3)C[C@H]2C[C@H]1C(N)=O. The van der Waals surface area contributed by atoms with Gasteiger partial charge in [-0.25, -0.2) is 13.6 Å². The summed E-state index contributed by atoms with van der Waals surface area (Å²) in [6.45, 7) is 5.34. The van der Waals surface area contributed by atoms with Crippen LogP contribution in [0.1, 0.15) is 39.2 Å². The molecule has 1 aliphatic carbocycles. The minimum atomic E-state index is -0.770. The first-order valence-corrected chi connectivity index (χ1v) is 8.27. The van der Waals surface area contributed by atoms with Crippen molar-refractivity contribution in [2.45, 2.75) is 50.7 Å². The lowest BCUT2D eigenvalue weighted by Gasteiger charge is -2.38. The zero-order valence-electron chi connectivity index (χ0n) is 14.5. The van der Waals surface area contributed by atoms with Gasteiger partial charge in [-0.1, -0.05) is 0 Å². The number of carbonyl (C=O) groups excluding carboxylic acids is 2. The summed E-state index contributed by atoms with van der Waals surface area (Å²) in [7, 11) is 0. The summed E-state index contributed by atoms with van der Waals surface area (Å²) in [4.78, 5) is 25.7. The van der Waals surface area contributed by atoms with Crippen LogP contribution in [-0.2, 0) is 14.9 Å². The molecule has 0 spiro atoms. The molecule has 3 rings (SSSR count). The minimum Gasteiger partial charge on any atom is -0.444 e. The van der Waals surface area contributed by atoms with Gasteiger partial charge in [-0.3, -0.25) is 9.69 Å². The van der Waals surface area contributed by atoms with E-state index in [1.54, 1.807) is 20.8 Å². The summed E-state index contributed by atoms with van der Waals surface area (Å²) in [5.74, 6) is -1.85. The number of fused-ring (bicyclic) bond motifs is 1. The van der Waals surface area contributed by atoms with Crippen molar-refractivity contribution >= 4 is 12.0 Å². The number of primary amides is 1. The number of hydrogen-bond acceptors (Lipinski definition) is 3. The molecule has 7 heteroatoms. The summed E-state index contributed by atoms with van der Waals surface area (Å²) < 4.78 is 32.7. The zero-order chi connectivity index (χ0) is 18.6. The van der Waals surface area contributed by atoms with E-state index in [4.69, 9.17) is 10.5 Å². The van der Waals surface area contributed by atoms with Gasteiger partial charge >= 0.3 is 6.09 Å². The second-order valence-corrected chi connectivity index (χ2v) is 7.98. The quantitative estimate of drug-likeness (QED) is 0.889. The second-order valence-electron chi connectivity index (χ2n) is 7.98. The molecule has 2 N–H and O–H groups in total. The molecule has 2 aliphatic rings. The molecule has 1 aliphatic heterocycles. The molecule has 1 aromatic rings. The molecule has 1 saturated carbocycles. The van der Waals surface area contributed by atoms with E-state index in [-0.39, 0.29) is 12.5 Å². The third-order valence-electron chi connectivity index (χ3n) is 4.96. The number of ether oxygens (including phenoxy) is 1. The van der Waals surface area contributed by atoms with Crippen LogP contribution in [0.15, 0.2) is 18.2 Å². The number of hydrogen-bond donors (Lipinski definition) is 1. The van der Waals surface area contributed by atoms with Crippen LogP contribution in [0.4, 0.5) is 13.6 Å². The molecule has 0 unspecified atom stereocenters. The number of rotatable bonds is 2. The second kappa shape index (κ2) is 5.68. The van der Waals surface area contributed by atoms with Crippen LogP contribution in [0, 0.1) is 17.6 Å². The first kappa shape index (κ1) is 17.6. The maximum atomic E-state index is 13.6. The molecule has 1 aromatic carbocycles. The first-order chi connectivity index (χ1) is 11.5. The predicted molar refractivity (Wildman–Crippen MR) is 86.7 cm³/mol. The topological polar surface area (TPSA) is 72.6 Å². The summed E-state index contributed by atoms with van der Waals surface area (Å²) >= 11 is 0. The Balaban J connectivity index is 1.91. The fourth-order valence-electron chi connectivity index (χ4n) is 3.76. The number of likely N-dealkylation sites (tertiary alicyclic amines) is 1. The highest BCUT2D eigenvalue weighted by Gasteiger charge is 2.62. The Bertz CT molecular complexity index is 711. The highest BCUT2D eigenvalue weighted by atomic mass is 19.1. The lowest BCUT2D eigenvalue weighted by molar-refractivity contribution is -0.124. The molecule has 0 bridgehead atoms. The molecule has 25 heavy (non-hydrogen) atoms. The Morgan fingerprint density at radius 1 is 1.24 bits per heavy atom. The van der Waals surface area contributed by atoms with E-state index in [0.29, 0.717) is 18.4 Å². The van der Waals surface area contributed by atoms with Crippen molar-refractivity contribution in [2.75, 3.05) is 6.54 Å². The van der Waals surface area contributed by atoms with Gasteiger partial charge in [0.05, 0.1) is 0 Å². The maximum Gasteiger partial charge on any atom is 0.411 e. The van der Waals surface area contributed by atoms with Crippen LogP contribution in [0.25, 0.3) is 0 Å². The van der Waals surface area contributed by atoms with Crippen LogP contribution in [0.2, 0.25) is 0 Å². The van der Waals surface area contributed by atoms with Crippen molar-refractivity contribution in [1.82, 2.24) is 4.90 Å². The lowest BCUT2D eigenvalue weighted by Crippen LogP contribution is -2.55. The van der Waals surface area contributed by atoms with Crippen molar-refractivity contribution in [3.8, 4) is 0 Å². The molecule has 5 nitrogen and oxygen atoms in total. The van der Waals surface area contributed by atoms with Gasteiger partial charge in [0, 0.05) is 18.0 Å². The molecule has 3 atom stereocenters. The van der Waals surface area contributed by atoms with Gasteiger partial charge in [-0.15, -0.1) is 0 Å². The van der Waals surface area contributed by atoms with E-state index in [1.165, 1.54) is 17.0 Å². The standard InChI is InChI=1S/C18H22F2N2O3/c1-17(2,3)25-16(24)22-9-18(8-11(18)6-14(22)15(21)23)10-4-12(19)7-13(20)5-10/h4-5,7,11,14H,6,8-9H2,1-3H3,(H2,21,23)/t11-,14+,18-/m1/s1. The van der Waals surface area contributed by atoms with Crippen molar-refractivity contribution < 1.29 is 23.1 Å². The Hall–Kier alpha value is -2.18. The fraction of sp³-hybridized carbons (Fsp3) is 0.556. The summed E-state index contributed by atoms with van der Waals surface area (Å²) in [6, 6.07) is 2.63. The highest BCUT2D eigenvalue weighted by Crippen LogP contribution is 2.60. The van der Waals surface area contributed by atoms with Gasteiger partial charge < -0.3 is 10.5 Å². The van der Waals surface area contributed by atoms with Gasteiger partial charge in [0.15, 0.2) is 0 Å². The van der Waals surface area contributed by atoms with Crippen molar-refractivity contribution in [3.05, 3.63) is 35.4 Å². The van der Waals surface area contributed by atoms with Crippen LogP contribution in [0.5, 0.6) is 0 Å². The fourth-order valence-corrected chi connectivity index (χ4v) is 3.76. The van der Waals surface area contributed by atoms with E-state index >= 15 is 0 Å². The normalized spacial score (nSPS) is 28.3. The number of amides is 2. The molecule has 1 saturated heterocycles. The van der Waals surface area contributed by atoms with Crippen molar-refractivity contribution in [1.29, 1.82) is 0 Å². The monoisotopic (exact) mass is 352 g/mol. The Morgan fingerprint density at radius 2 is 1.84 bits per heavy atom. The molecule has 2 amide bonds. The number of nitrogens with zero attached hydrogens (tertiary/aromatic N) is 1. The molecule has 0 radical (unpaired) electrons. The number of nitrogens with two attached hydrogens (primary N) is 1. The van der Waals surface area contributed by atoms with Crippen LogP contribution in [0.3, 0.4) is 0 Å². The molecule has 136 valence electrons. The molecule has 0 aromatic heterocycles. The summed E-state index contributed by atoms with van der Waals surface area (Å²) in [5.41, 5.74) is 4.69. The van der Waals surface area contributed by atoms with E-state index in [1.807, 2.05) is 0 Å². The number of carbonyl (C=O) groups is 2. The number of piperidine rings is 1. The lowest BCUT2D eigenvalue weighted by atomic mass is 9.86. The molecule has 2 fully saturated rings. The predicted octanol–water partition coefficient (Wildman–Crippen LogP) is 2.72. The molecule has 1 heterocycles. The first-order valence-electron chi connectivity index (χ1n) is 8.27. The zero-order valence-corrected chi connectivity index (χ0v) is 14.5. The van der Waals surface area contributed by atoms with Crippen LogP contribution >= 0.6 is 0 Å². The van der Waals surface area contributed by atoms with Crippen LogP contribution in [-0.4, -0.2) is 35.1 Å². The summed E-state index contributed by atoms with van der Waals surface area (Å²) in [5, 5.41) is 0. The van der Waals surface area contributed by atoms with E-state index in [0.717, 1.165) is 6.07 Å². The molecular formula is C18H22F2N2O3.